The van der Waals surface area contributed by atoms with Gasteiger partial charge in [-0.15, -0.1) is 11.0 Å². The molecule has 0 aromatic heterocycles. The van der Waals surface area contributed by atoms with Crippen molar-refractivity contribution in [3.8, 4) is 0 Å². The first-order valence-electron chi connectivity index (χ1n) is 6.89. The first-order chi connectivity index (χ1) is 10.4. The molecule has 0 saturated carbocycles. The Morgan fingerprint density at radius 2 is 2.00 bits per heavy atom. The van der Waals surface area contributed by atoms with E-state index in [9.17, 15) is 13.2 Å². The molecule has 0 N–H and O–H groups in total. The molecule has 0 spiro atoms. The highest BCUT2D eigenvalue weighted by atomic mass is 32.2. The number of carbonyl (C=O) groups excluding carboxylic acids is 1. The molecule has 1 saturated heterocycles. The van der Waals surface area contributed by atoms with Crippen molar-refractivity contribution in [3.63, 3.8) is 0 Å². The zero-order valence-corrected chi connectivity index (χ0v) is 14.2. The number of aryl methyl sites for hydroxylation is 1. The summed E-state index contributed by atoms with van der Waals surface area (Å²) in [6.07, 6.45) is 2.19. The van der Waals surface area contributed by atoms with Crippen LogP contribution in [0.1, 0.15) is 18.9 Å². The molecule has 1 amide bonds. The van der Waals surface area contributed by atoms with Gasteiger partial charge in [-0.1, -0.05) is 42.5 Å². The smallest absolute Gasteiger partial charge is 0.284 e. The lowest BCUT2D eigenvalue weighted by Crippen LogP contribution is -2.32. The quantitative estimate of drug-likeness (QED) is 0.774. The number of thioether (sulfide) groups is 1. The second-order valence-corrected chi connectivity index (χ2v) is 7.69. The zero-order valence-electron chi connectivity index (χ0n) is 12.5. The summed E-state index contributed by atoms with van der Waals surface area (Å²) in [6.45, 7) is 7.62. The molecule has 0 bridgehead atoms. The van der Waals surface area contributed by atoms with Crippen LogP contribution >= 0.6 is 11.8 Å². The van der Waals surface area contributed by atoms with Gasteiger partial charge >= 0.3 is 0 Å². The number of amidine groups is 1. The fraction of sp³-hybridized carbons (Fsp3) is 0.333. The average molecular weight is 338 g/mol. The highest BCUT2D eigenvalue weighted by Gasteiger charge is 2.37. The molecular weight excluding hydrogens is 320 g/mol. The second kappa shape index (κ2) is 6.66. The van der Waals surface area contributed by atoms with Crippen molar-refractivity contribution in [1.82, 2.24) is 4.90 Å². The van der Waals surface area contributed by atoms with Crippen LogP contribution in [0, 0.1) is 6.92 Å². The van der Waals surface area contributed by atoms with Gasteiger partial charge in [0.05, 0.1) is 10.1 Å². The Morgan fingerprint density at radius 3 is 2.55 bits per heavy atom. The van der Waals surface area contributed by atoms with Gasteiger partial charge in [-0.05, 0) is 25.5 Å². The summed E-state index contributed by atoms with van der Waals surface area (Å²) in [5.74, 6) is -0.120. The number of hydrogen-bond acceptors (Lipinski definition) is 4. The molecule has 7 heteroatoms. The molecule has 2 rings (SSSR count). The van der Waals surface area contributed by atoms with Gasteiger partial charge in [0, 0.05) is 6.54 Å². The minimum Gasteiger partial charge on any atom is -0.286 e. The maximum Gasteiger partial charge on any atom is 0.284 e. The predicted molar refractivity (Wildman–Crippen MR) is 89.4 cm³/mol. The van der Waals surface area contributed by atoms with Gasteiger partial charge in [-0.2, -0.15) is 8.42 Å². The third kappa shape index (κ3) is 3.41. The fourth-order valence-electron chi connectivity index (χ4n) is 2.00. The van der Waals surface area contributed by atoms with Crippen molar-refractivity contribution in [2.75, 3.05) is 6.54 Å². The van der Waals surface area contributed by atoms with Crippen molar-refractivity contribution in [1.29, 1.82) is 0 Å². The number of sulfonamides is 1. The summed E-state index contributed by atoms with van der Waals surface area (Å²) in [4.78, 5) is 13.7. The lowest BCUT2D eigenvalue weighted by atomic mass is 10.2. The Balaban J connectivity index is 2.39. The van der Waals surface area contributed by atoms with Crippen LogP contribution in [0.4, 0.5) is 0 Å². The molecule has 1 atom stereocenters. The Hall–Kier alpha value is -1.60. The summed E-state index contributed by atoms with van der Waals surface area (Å²) in [7, 11) is -3.83. The van der Waals surface area contributed by atoms with E-state index in [-0.39, 0.29) is 27.8 Å². The van der Waals surface area contributed by atoms with Crippen molar-refractivity contribution in [2.24, 2.45) is 4.40 Å². The summed E-state index contributed by atoms with van der Waals surface area (Å²) in [5, 5.41) is -0.0655. The van der Waals surface area contributed by atoms with Crippen LogP contribution in [0.25, 0.3) is 0 Å². The number of benzene rings is 1. The molecule has 0 radical (unpaired) electrons. The van der Waals surface area contributed by atoms with Crippen LogP contribution in [0.5, 0.6) is 0 Å². The molecule has 5 nitrogen and oxygen atoms in total. The van der Waals surface area contributed by atoms with Crippen molar-refractivity contribution < 1.29 is 13.2 Å². The Kier molecular flexibility index (Phi) is 5.08. The fourth-order valence-corrected chi connectivity index (χ4v) is 4.30. The van der Waals surface area contributed by atoms with Gasteiger partial charge in [0.1, 0.15) is 0 Å². The summed E-state index contributed by atoms with van der Waals surface area (Å²) in [6, 6.07) is 6.48. The molecule has 1 aliphatic heterocycles. The lowest BCUT2D eigenvalue weighted by Gasteiger charge is -2.13. The largest absolute Gasteiger partial charge is 0.286 e. The normalized spacial score (nSPS) is 20.6. The number of amides is 1. The van der Waals surface area contributed by atoms with E-state index in [1.54, 1.807) is 18.2 Å². The Labute approximate surface area is 135 Å². The third-order valence-electron chi connectivity index (χ3n) is 3.22. The summed E-state index contributed by atoms with van der Waals surface area (Å²) < 4.78 is 28.6. The van der Waals surface area contributed by atoms with Crippen molar-refractivity contribution in [2.45, 2.75) is 30.4 Å². The molecule has 0 aliphatic carbocycles. The predicted octanol–water partition coefficient (Wildman–Crippen LogP) is 2.58. The molecule has 1 aromatic rings. The average Bonchev–Trinajstić information content (AvgIpc) is 2.76. The minimum atomic E-state index is -3.83. The molecule has 0 unspecified atom stereocenters. The molecular formula is C15H18N2O3S2. The molecule has 1 aromatic carbocycles. The Morgan fingerprint density at radius 1 is 1.36 bits per heavy atom. The zero-order chi connectivity index (χ0) is 16.3. The lowest BCUT2D eigenvalue weighted by molar-refractivity contribution is -0.125. The SMILES string of the molecule is C=CCN1C(=O)[C@@H](CC)SC1=NS(=O)(=O)c1ccc(C)cc1. The second-order valence-electron chi connectivity index (χ2n) is 4.91. The van der Waals surface area contributed by atoms with Gasteiger partial charge < -0.3 is 0 Å². The van der Waals surface area contributed by atoms with Crippen molar-refractivity contribution >= 4 is 32.9 Å². The molecule has 22 heavy (non-hydrogen) atoms. The van der Waals surface area contributed by atoms with Gasteiger partial charge in [-0.25, -0.2) is 0 Å². The number of rotatable bonds is 5. The maximum absolute atomic E-state index is 12.4. The van der Waals surface area contributed by atoms with E-state index >= 15 is 0 Å². The monoisotopic (exact) mass is 338 g/mol. The van der Waals surface area contributed by atoms with Gasteiger partial charge in [0.2, 0.25) is 5.91 Å². The standard InChI is InChI=1S/C15H18N2O3S2/c1-4-10-17-14(18)13(5-2)21-15(17)16-22(19,20)12-8-6-11(3)7-9-12/h4,6-9,13H,1,5,10H2,2-3H3/t13-/m1/s1. The first-order valence-corrected chi connectivity index (χ1v) is 9.21. The van der Waals surface area contributed by atoms with Crippen LogP contribution < -0.4 is 0 Å². The third-order valence-corrected chi connectivity index (χ3v) is 5.96. The van der Waals surface area contributed by atoms with Crippen molar-refractivity contribution in [3.05, 3.63) is 42.5 Å². The Bertz CT molecular complexity index is 709. The van der Waals surface area contributed by atoms with Gasteiger partial charge in [0.15, 0.2) is 5.17 Å². The van der Waals surface area contributed by atoms with Crippen LogP contribution in [-0.2, 0) is 14.8 Å². The number of hydrogen-bond donors (Lipinski definition) is 0. The van der Waals surface area contributed by atoms with E-state index in [0.717, 1.165) is 5.56 Å². The molecule has 1 fully saturated rings. The number of nitrogens with zero attached hydrogens (tertiary/aromatic N) is 2. The van der Waals surface area contributed by atoms with E-state index in [4.69, 9.17) is 0 Å². The number of carbonyl (C=O) groups is 1. The van der Waals surface area contributed by atoms with Crippen LogP contribution in [0.15, 0.2) is 46.2 Å². The highest BCUT2D eigenvalue weighted by Crippen LogP contribution is 2.30. The van der Waals surface area contributed by atoms with E-state index in [1.165, 1.54) is 28.8 Å². The van der Waals surface area contributed by atoms with Crippen LogP contribution in [-0.4, -0.2) is 36.2 Å². The summed E-state index contributed by atoms with van der Waals surface area (Å²) >= 11 is 1.19. The first kappa shape index (κ1) is 16.8. The van der Waals surface area contributed by atoms with E-state index in [0.29, 0.717) is 6.42 Å². The van der Waals surface area contributed by atoms with E-state index < -0.39 is 10.0 Å². The molecule has 118 valence electrons. The van der Waals surface area contributed by atoms with E-state index in [1.807, 2.05) is 13.8 Å². The minimum absolute atomic E-state index is 0.120. The molecule has 1 aliphatic rings. The van der Waals surface area contributed by atoms with Gasteiger partial charge in [-0.3, -0.25) is 9.69 Å². The van der Waals surface area contributed by atoms with E-state index in [2.05, 4.69) is 11.0 Å². The molecule has 1 heterocycles. The summed E-state index contributed by atoms with van der Waals surface area (Å²) in [5.41, 5.74) is 0.969. The van der Waals surface area contributed by atoms with Gasteiger partial charge in [0.25, 0.3) is 10.0 Å². The topological polar surface area (TPSA) is 66.8 Å². The van der Waals surface area contributed by atoms with Crippen LogP contribution in [0.2, 0.25) is 0 Å². The maximum atomic E-state index is 12.4. The van der Waals surface area contributed by atoms with Crippen LogP contribution in [0.3, 0.4) is 0 Å². The highest BCUT2D eigenvalue weighted by molar-refractivity contribution is 8.16.